The summed E-state index contributed by atoms with van der Waals surface area (Å²) in [6, 6.07) is 1.18. The maximum absolute atomic E-state index is 12.5. The molecule has 2 amide bonds. The van der Waals surface area contributed by atoms with Crippen molar-refractivity contribution in [2.75, 3.05) is 6.61 Å². The molecule has 8 nitrogen and oxygen atoms in total. The molecule has 0 atom stereocenters. The topological polar surface area (TPSA) is 128 Å². The van der Waals surface area contributed by atoms with Crippen molar-refractivity contribution in [3.05, 3.63) is 23.5 Å². The van der Waals surface area contributed by atoms with Gasteiger partial charge in [-0.2, -0.15) is 0 Å². The average Bonchev–Trinajstić information content (AvgIpc) is 3.43. The lowest BCUT2D eigenvalue weighted by Gasteiger charge is -2.36. The molecule has 27 heavy (non-hydrogen) atoms. The van der Waals surface area contributed by atoms with Crippen LogP contribution in [0.1, 0.15) is 41.2 Å². The minimum absolute atomic E-state index is 0.0996. The molecule has 1 saturated heterocycles. The summed E-state index contributed by atoms with van der Waals surface area (Å²) in [6.45, 7) is -0.843. The lowest BCUT2D eigenvalue weighted by Crippen LogP contribution is -2.66. The van der Waals surface area contributed by atoms with Crippen LogP contribution in [0.25, 0.3) is 0 Å². The zero-order chi connectivity index (χ0) is 19.8. The highest BCUT2D eigenvalue weighted by Gasteiger charge is 2.58. The van der Waals surface area contributed by atoms with E-state index in [2.05, 4.69) is 10.3 Å². The zero-order valence-electron chi connectivity index (χ0n) is 13.9. The molecule has 3 rings (SSSR count). The quantitative estimate of drug-likeness (QED) is 0.617. The SMILES string of the molecule is NC(=O)CC1(NC(=O)c2cc(OCC(F)F)c(C3CC3)cn2)C(=O)SC1=O. The molecule has 0 spiro atoms. The molecule has 1 aliphatic carbocycles. The van der Waals surface area contributed by atoms with Gasteiger partial charge in [0.2, 0.25) is 16.1 Å². The van der Waals surface area contributed by atoms with E-state index in [9.17, 15) is 28.0 Å². The molecule has 0 radical (unpaired) electrons. The molecular formula is C16H15F2N3O5S. The Kier molecular flexibility index (Phi) is 5.13. The number of hydrogen-bond donors (Lipinski definition) is 2. The minimum Gasteiger partial charge on any atom is -0.487 e. The Morgan fingerprint density at radius 1 is 1.37 bits per heavy atom. The molecule has 144 valence electrons. The third kappa shape index (κ3) is 3.92. The van der Waals surface area contributed by atoms with Crippen molar-refractivity contribution in [2.45, 2.75) is 37.1 Å². The van der Waals surface area contributed by atoms with Gasteiger partial charge in [0.1, 0.15) is 18.1 Å². The molecule has 1 aromatic heterocycles. The van der Waals surface area contributed by atoms with E-state index in [0.29, 0.717) is 17.3 Å². The van der Waals surface area contributed by atoms with Crippen LogP contribution in [0, 0.1) is 0 Å². The number of nitrogens with two attached hydrogens (primary N) is 1. The van der Waals surface area contributed by atoms with E-state index in [0.717, 1.165) is 12.8 Å². The van der Waals surface area contributed by atoms with Gasteiger partial charge in [0.25, 0.3) is 12.3 Å². The zero-order valence-corrected chi connectivity index (χ0v) is 14.7. The van der Waals surface area contributed by atoms with Gasteiger partial charge in [0, 0.05) is 17.8 Å². The lowest BCUT2D eigenvalue weighted by atomic mass is 9.96. The van der Waals surface area contributed by atoms with Crippen LogP contribution in [-0.4, -0.2) is 45.6 Å². The number of aromatic nitrogens is 1. The minimum atomic E-state index is -2.69. The van der Waals surface area contributed by atoms with Crippen LogP contribution in [0.2, 0.25) is 0 Å². The first-order chi connectivity index (χ1) is 12.7. The van der Waals surface area contributed by atoms with Crippen molar-refractivity contribution < 1.29 is 32.7 Å². The first kappa shape index (κ1) is 19.2. The second-order valence-electron chi connectivity index (χ2n) is 6.26. The summed E-state index contributed by atoms with van der Waals surface area (Å²) >= 11 is 0.370. The van der Waals surface area contributed by atoms with Gasteiger partial charge in [0.15, 0.2) is 5.54 Å². The van der Waals surface area contributed by atoms with Gasteiger partial charge in [-0.3, -0.25) is 24.2 Å². The molecule has 3 N–H and O–H groups in total. The third-order valence-electron chi connectivity index (χ3n) is 4.16. The lowest BCUT2D eigenvalue weighted by molar-refractivity contribution is -0.134. The summed E-state index contributed by atoms with van der Waals surface area (Å²) < 4.78 is 30.0. The van der Waals surface area contributed by atoms with Gasteiger partial charge in [-0.25, -0.2) is 8.78 Å². The summed E-state index contributed by atoms with van der Waals surface area (Å²) in [5.41, 5.74) is 3.43. The van der Waals surface area contributed by atoms with E-state index in [4.69, 9.17) is 10.5 Å². The van der Waals surface area contributed by atoms with Gasteiger partial charge in [-0.1, -0.05) is 0 Å². The predicted octanol–water partition coefficient (Wildman–Crippen LogP) is 0.747. The number of carbonyl (C=O) groups excluding carboxylic acids is 4. The summed E-state index contributed by atoms with van der Waals surface area (Å²) in [7, 11) is 0. The normalized spacial score (nSPS) is 18.2. The average molecular weight is 399 g/mol. The summed E-state index contributed by atoms with van der Waals surface area (Å²) in [5, 5.41) is 0.797. The smallest absolute Gasteiger partial charge is 0.272 e. The monoisotopic (exact) mass is 399 g/mol. The fourth-order valence-electron chi connectivity index (χ4n) is 2.66. The Hall–Kier alpha value is -2.56. The number of amides is 2. The van der Waals surface area contributed by atoms with Gasteiger partial charge >= 0.3 is 0 Å². The number of halogens is 2. The second-order valence-corrected chi connectivity index (χ2v) is 7.21. The van der Waals surface area contributed by atoms with E-state index >= 15 is 0 Å². The molecule has 1 aromatic rings. The number of ether oxygens (including phenoxy) is 1. The number of thioether (sulfide) groups is 1. The van der Waals surface area contributed by atoms with Crippen molar-refractivity contribution in [3.63, 3.8) is 0 Å². The molecule has 0 aromatic carbocycles. The molecule has 2 heterocycles. The number of pyridine rings is 1. The Morgan fingerprint density at radius 2 is 2.04 bits per heavy atom. The maximum Gasteiger partial charge on any atom is 0.272 e. The van der Waals surface area contributed by atoms with Gasteiger partial charge < -0.3 is 15.8 Å². The molecule has 2 fully saturated rings. The largest absolute Gasteiger partial charge is 0.487 e. The maximum atomic E-state index is 12.5. The van der Waals surface area contributed by atoms with Crippen LogP contribution in [0.3, 0.4) is 0 Å². The Morgan fingerprint density at radius 3 is 2.56 bits per heavy atom. The van der Waals surface area contributed by atoms with Gasteiger partial charge in [-0.15, -0.1) is 0 Å². The molecule has 11 heteroatoms. The fourth-order valence-corrected chi connectivity index (χ4v) is 3.45. The highest BCUT2D eigenvalue weighted by molar-refractivity contribution is 8.30. The number of hydrogen-bond acceptors (Lipinski definition) is 7. The first-order valence-corrected chi connectivity index (χ1v) is 8.83. The van der Waals surface area contributed by atoms with Crippen molar-refractivity contribution in [1.29, 1.82) is 0 Å². The van der Waals surface area contributed by atoms with Crippen LogP contribution >= 0.6 is 11.8 Å². The Bertz CT molecular complexity index is 814. The second kappa shape index (κ2) is 7.22. The molecule has 0 unspecified atom stereocenters. The number of carbonyl (C=O) groups is 4. The first-order valence-electron chi connectivity index (χ1n) is 8.01. The predicted molar refractivity (Wildman–Crippen MR) is 89.3 cm³/mol. The van der Waals surface area contributed by atoms with Crippen LogP contribution in [-0.2, 0) is 14.4 Å². The van der Waals surface area contributed by atoms with Crippen LogP contribution in [0.15, 0.2) is 12.3 Å². The standard InChI is InChI=1S/C16H15F2N3O5S/c17-11(18)6-26-10-3-9(20-5-8(10)7-1-2-7)13(23)21-16(4-12(19)22)14(24)27-15(16)25/h3,5,7,11H,1-2,4,6H2,(H2,19,22)(H,21,23). The number of rotatable bonds is 8. The van der Waals surface area contributed by atoms with Crippen LogP contribution in [0.5, 0.6) is 5.75 Å². The van der Waals surface area contributed by atoms with E-state index < -0.39 is 47.0 Å². The van der Waals surface area contributed by atoms with E-state index in [1.807, 2.05) is 0 Å². The number of primary amides is 1. The summed E-state index contributed by atoms with van der Waals surface area (Å²) in [5.74, 6) is -1.62. The Balaban J connectivity index is 1.83. The van der Waals surface area contributed by atoms with E-state index in [1.165, 1.54) is 12.3 Å². The highest BCUT2D eigenvalue weighted by atomic mass is 32.2. The van der Waals surface area contributed by atoms with Crippen molar-refractivity contribution in [3.8, 4) is 5.75 Å². The number of alkyl halides is 2. The highest BCUT2D eigenvalue weighted by Crippen LogP contribution is 2.44. The van der Waals surface area contributed by atoms with Crippen LogP contribution < -0.4 is 15.8 Å². The fraction of sp³-hybridized carbons (Fsp3) is 0.438. The van der Waals surface area contributed by atoms with E-state index in [-0.39, 0.29) is 17.4 Å². The molecule has 1 saturated carbocycles. The molecular weight excluding hydrogens is 384 g/mol. The van der Waals surface area contributed by atoms with Crippen molar-refractivity contribution >= 4 is 33.8 Å². The summed E-state index contributed by atoms with van der Waals surface area (Å²) in [4.78, 5) is 51.3. The molecule has 0 bridgehead atoms. The third-order valence-corrected chi connectivity index (χ3v) is 5.23. The van der Waals surface area contributed by atoms with Crippen molar-refractivity contribution in [2.24, 2.45) is 5.73 Å². The number of nitrogens with zero attached hydrogens (tertiary/aromatic N) is 1. The Labute approximate surface area is 156 Å². The van der Waals surface area contributed by atoms with Gasteiger partial charge in [-0.05, 0) is 30.5 Å². The molecule has 1 aliphatic heterocycles. The van der Waals surface area contributed by atoms with Crippen molar-refractivity contribution in [1.82, 2.24) is 10.3 Å². The molecule has 2 aliphatic rings. The van der Waals surface area contributed by atoms with Gasteiger partial charge in [0.05, 0.1) is 6.42 Å². The van der Waals surface area contributed by atoms with E-state index in [1.54, 1.807) is 0 Å². The number of nitrogens with one attached hydrogen (secondary N) is 1. The van der Waals surface area contributed by atoms with Crippen LogP contribution in [0.4, 0.5) is 8.78 Å². The summed E-state index contributed by atoms with van der Waals surface area (Å²) in [6.07, 6.45) is -0.282.